The maximum absolute atomic E-state index is 15.2. The van der Waals surface area contributed by atoms with Crippen LogP contribution >= 0.6 is 7.52 Å². The fourth-order valence-electron chi connectivity index (χ4n) is 3.31. The first-order chi connectivity index (χ1) is 16.8. The van der Waals surface area contributed by atoms with E-state index in [4.69, 9.17) is 24.5 Å². The summed E-state index contributed by atoms with van der Waals surface area (Å²) in [4.78, 5) is 24.1. The summed E-state index contributed by atoms with van der Waals surface area (Å²) in [7, 11) is -3.87. The molecule has 1 aliphatic heterocycles. The Kier molecular flexibility index (Phi) is 7.29. The fourth-order valence-corrected chi connectivity index (χ4v) is 4.97. The topological polar surface area (TPSA) is 153 Å². The van der Waals surface area contributed by atoms with Gasteiger partial charge in [-0.3, -0.25) is 13.9 Å². The Morgan fingerprint density at radius 2 is 2.11 bits per heavy atom. The van der Waals surface area contributed by atoms with Gasteiger partial charge < -0.3 is 24.5 Å². The Hall–Kier alpha value is -3.54. The number of nitrogens with two attached hydrogens (primary N) is 1. The van der Waals surface area contributed by atoms with Gasteiger partial charge in [0.05, 0.1) is 12.9 Å². The molecule has 2 aromatic heterocycles. The summed E-state index contributed by atoms with van der Waals surface area (Å²) >= 11 is 0. The number of nitrogen functional groups attached to an aromatic ring is 1. The Morgan fingerprint density at radius 1 is 1.34 bits per heavy atom. The molecule has 3 atom stereocenters. The molecule has 14 heteroatoms. The Morgan fingerprint density at radius 3 is 2.86 bits per heavy atom. The number of hydrogen-bond donors (Lipinski definition) is 2. The number of anilines is 1. The van der Waals surface area contributed by atoms with Crippen LogP contribution in [0.25, 0.3) is 11.2 Å². The standard InChI is InChI=1S/C21H24FN6O6P/c1-3-31-21(29)13(2)27-35(30,34-14-7-5-4-6-8-14)12-33-15-9-32-20(16(15)22)28-11-26-17-18(23)24-10-25-19(17)28/h4-8,10-11,13,20H,3,9,12H2,1-2H3,(H,27,30)(H2,23,24,25)/t13-,20-,35+/m1/s1. The van der Waals surface area contributed by atoms with Crippen molar-refractivity contribution in [2.24, 2.45) is 0 Å². The molecule has 0 saturated carbocycles. The number of nitrogens with zero attached hydrogens (tertiary/aromatic N) is 4. The van der Waals surface area contributed by atoms with E-state index in [0.29, 0.717) is 5.52 Å². The first-order valence-corrected chi connectivity index (χ1v) is 12.5. The predicted octanol–water partition coefficient (Wildman–Crippen LogP) is 2.91. The second kappa shape index (κ2) is 10.4. The van der Waals surface area contributed by atoms with E-state index in [1.54, 1.807) is 37.3 Å². The highest BCUT2D eigenvalue weighted by molar-refractivity contribution is 7.57. The van der Waals surface area contributed by atoms with Gasteiger partial charge in [-0.2, -0.15) is 0 Å². The summed E-state index contributed by atoms with van der Waals surface area (Å²) in [6, 6.07) is 7.36. The summed E-state index contributed by atoms with van der Waals surface area (Å²) < 4.78 is 51.8. The van der Waals surface area contributed by atoms with Crippen LogP contribution in [-0.4, -0.2) is 51.1 Å². The minimum atomic E-state index is -3.87. The number of aromatic nitrogens is 4. The van der Waals surface area contributed by atoms with Crippen molar-refractivity contribution in [3.63, 3.8) is 0 Å². The fraction of sp³-hybridized carbons (Fsp3) is 0.333. The van der Waals surface area contributed by atoms with Crippen LogP contribution in [-0.2, 0) is 23.6 Å². The number of rotatable bonds is 10. The summed E-state index contributed by atoms with van der Waals surface area (Å²) in [5, 5.41) is 2.64. The predicted molar refractivity (Wildman–Crippen MR) is 123 cm³/mol. The van der Waals surface area contributed by atoms with Crippen molar-refractivity contribution in [3.05, 3.63) is 54.6 Å². The number of halogens is 1. The average molecular weight is 506 g/mol. The Bertz CT molecular complexity index is 1290. The highest BCUT2D eigenvalue weighted by Gasteiger charge is 2.36. The van der Waals surface area contributed by atoms with Crippen molar-refractivity contribution < 1.29 is 32.5 Å². The molecule has 3 heterocycles. The molecule has 0 bridgehead atoms. The summed E-state index contributed by atoms with van der Waals surface area (Å²) in [6.45, 7) is 3.05. The smallest absolute Gasteiger partial charge is 0.354 e. The summed E-state index contributed by atoms with van der Waals surface area (Å²) in [5.41, 5.74) is 6.37. The normalized spacial score (nSPS) is 18.3. The van der Waals surface area contributed by atoms with Gasteiger partial charge in [0.25, 0.3) is 0 Å². The van der Waals surface area contributed by atoms with Crippen LogP contribution in [0.15, 0.2) is 54.6 Å². The zero-order valence-corrected chi connectivity index (χ0v) is 19.9. The van der Waals surface area contributed by atoms with Gasteiger partial charge in [-0.1, -0.05) is 18.2 Å². The monoisotopic (exact) mass is 506 g/mol. The third kappa shape index (κ3) is 5.42. The van der Waals surface area contributed by atoms with Crippen molar-refractivity contribution in [1.29, 1.82) is 0 Å². The van der Waals surface area contributed by atoms with Crippen LogP contribution in [0.4, 0.5) is 10.2 Å². The van der Waals surface area contributed by atoms with Crippen LogP contribution in [0, 0.1) is 0 Å². The molecule has 3 N–H and O–H groups in total. The van der Waals surface area contributed by atoms with E-state index in [1.165, 1.54) is 24.1 Å². The highest BCUT2D eigenvalue weighted by atomic mass is 31.2. The molecule has 4 rings (SSSR count). The van der Waals surface area contributed by atoms with Crippen molar-refractivity contribution in [3.8, 4) is 5.75 Å². The van der Waals surface area contributed by atoms with E-state index in [9.17, 15) is 9.36 Å². The van der Waals surface area contributed by atoms with Crippen LogP contribution < -0.4 is 15.3 Å². The molecule has 0 spiro atoms. The highest BCUT2D eigenvalue weighted by Crippen LogP contribution is 2.45. The van der Waals surface area contributed by atoms with Gasteiger partial charge in [-0.25, -0.2) is 24.4 Å². The molecule has 3 aromatic rings. The molecule has 0 saturated heterocycles. The molecule has 0 radical (unpaired) electrons. The third-order valence-electron chi connectivity index (χ3n) is 4.93. The van der Waals surface area contributed by atoms with Gasteiger partial charge >= 0.3 is 13.5 Å². The van der Waals surface area contributed by atoms with Crippen LogP contribution in [0.3, 0.4) is 0 Å². The molecule has 0 amide bonds. The maximum atomic E-state index is 15.2. The maximum Gasteiger partial charge on any atom is 0.354 e. The Balaban J connectivity index is 1.53. The molecule has 0 fully saturated rings. The number of carbonyl (C=O) groups excluding carboxylic acids is 1. The van der Waals surface area contributed by atoms with Crippen molar-refractivity contribution in [2.75, 3.05) is 25.3 Å². The van der Waals surface area contributed by atoms with Crippen molar-refractivity contribution in [1.82, 2.24) is 24.6 Å². The van der Waals surface area contributed by atoms with E-state index in [1.807, 2.05) is 0 Å². The molecule has 186 valence electrons. The van der Waals surface area contributed by atoms with Crippen LogP contribution in [0.5, 0.6) is 5.75 Å². The summed E-state index contributed by atoms with van der Waals surface area (Å²) in [6.07, 6.45) is 0.779. The first kappa shape index (κ1) is 24.6. The van der Waals surface area contributed by atoms with Crippen molar-refractivity contribution in [2.45, 2.75) is 26.1 Å². The summed E-state index contributed by atoms with van der Waals surface area (Å²) in [5.74, 6) is -1.13. The molecule has 35 heavy (non-hydrogen) atoms. The van der Waals surface area contributed by atoms with E-state index >= 15 is 4.39 Å². The van der Waals surface area contributed by atoms with E-state index in [0.717, 1.165) is 0 Å². The second-order valence-electron chi connectivity index (χ2n) is 7.47. The number of imidazole rings is 1. The van der Waals surface area contributed by atoms with Gasteiger partial charge in [-0.05, 0) is 26.0 Å². The molecule has 0 aliphatic carbocycles. The molecular formula is C21H24FN6O6P. The molecule has 0 unspecified atom stereocenters. The first-order valence-electron chi connectivity index (χ1n) is 10.7. The number of hydrogen-bond acceptors (Lipinski definition) is 10. The SMILES string of the molecule is CCOC(=O)[C@@H](C)N[P@](=O)(COC1=C(F)[C@H](n2cnc3c(N)ncnc32)OC1)Oc1ccccc1. The van der Waals surface area contributed by atoms with E-state index < -0.39 is 37.9 Å². The van der Waals surface area contributed by atoms with Crippen LogP contribution in [0.1, 0.15) is 20.1 Å². The van der Waals surface area contributed by atoms with E-state index in [-0.39, 0.29) is 36.2 Å². The quantitative estimate of drug-likeness (QED) is 0.308. The lowest BCUT2D eigenvalue weighted by Gasteiger charge is -2.23. The molecule has 12 nitrogen and oxygen atoms in total. The largest absolute Gasteiger partial charge is 0.480 e. The number of esters is 1. The van der Waals surface area contributed by atoms with Gasteiger partial charge in [-0.15, -0.1) is 0 Å². The van der Waals surface area contributed by atoms with Gasteiger partial charge in [0.15, 0.2) is 35.6 Å². The second-order valence-corrected chi connectivity index (χ2v) is 9.52. The lowest BCUT2D eigenvalue weighted by atomic mass is 10.3. The molecule has 1 aliphatic rings. The minimum absolute atomic E-state index is 0.147. The zero-order chi connectivity index (χ0) is 25.0. The Labute approximate surface area is 199 Å². The lowest BCUT2D eigenvalue weighted by molar-refractivity contribution is -0.144. The van der Waals surface area contributed by atoms with Gasteiger partial charge in [0.1, 0.15) is 30.2 Å². The number of benzene rings is 1. The number of para-hydroxylation sites is 1. The average Bonchev–Trinajstić information content (AvgIpc) is 3.42. The van der Waals surface area contributed by atoms with Gasteiger partial charge in [0.2, 0.25) is 0 Å². The third-order valence-corrected chi connectivity index (χ3v) is 6.69. The number of fused-ring (bicyclic) bond motifs is 1. The zero-order valence-electron chi connectivity index (χ0n) is 19.0. The molecule has 1 aromatic carbocycles. The number of nitrogens with one attached hydrogen (secondary N) is 1. The lowest BCUT2D eigenvalue weighted by Crippen LogP contribution is -2.35. The van der Waals surface area contributed by atoms with E-state index in [2.05, 4.69) is 20.0 Å². The van der Waals surface area contributed by atoms with Gasteiger partial charge in [0, 0.05) is 0 Å². The van der Waals surface area contributed by atoms with Crippen molar-refractivity contribution >= 4 is 30.5 Å². The molecular weight excluding hydrogens is 482 g/mol. The van der Waals surface area contributed by atoms with Crippen LogP contribution in [0.2, 0.25) is 0 Å². The minimum Gasteiger partial charge on any atom is -0.480 e. The number of carbonyl (C=O) groups is 1. The number of ether oxygens (including phenoxy) is 3.